The van der Waals surface area contributed by atoms with Gasteiger partial charge in [0, 0.05) is 56.3 Å². The van der Waals surface area contributed by atoms with Crippen molar-refractivity contribution in [1.29, 1.82) is 0 Å². The molecule has 188 valence electrons. The van der Waals surface area contributed by atoms with Crippen LogP contribution in [0.3, 0.4) is 0 Å². The largest absolute Gasteiger partial charge is 0.497 e. The Labute approximate surface area is 208 Å². The Balaban J connectivity index is 1.20. The van der Waals surface area contributed by atoms with E-state index in [1.165, 1.54) is 0 Å². The quantitative estimate of drug-likeness (QED) is 0.605. The number of anilines is 1. The van der Waals surface area contributed by atoms with E-state index in [0.29, 0.717) is 6.54 Å². The average molecular weight is 480 g/mol. The highest BCUT2D eigenvalue weighted by atomic mass is 16.5. The first-order valence-electron chi connectivity index (χ1n) is 12.4. The molecular formula is C27H37N5O3. The van der Waals surface area contributed by atoms with Gasteiger partial charge in [-0.2, -0.15) is 0 Å². The molecule has 1 saturated carbocycles. The molecule has 0 spiro atoms. The predicted molar refractivity (Wildman–Crippen MR) is 137 cm³/mol. The highest BCUT2D eigenvalue weighted by Gasteiger charge is 2.53. The molecule has 3 amide bonds. The number of nitrogens with one attached hydrogen (secondary N) is 2. The molecular weight excluding hydrogens is 442 g/mol. The van der Waals surface area contributed by atoms with Crippen LogP contribution in [-0.4, -0.2) is 73.1 Å². The van der Waals surface area contributed by atoms with Gasteiger partial charge in [0.1, 0.15) is 5.75 Å². The average Bonchev–Trinajstić information content (AvgIpc) is 3.65. The minimum Gasteiger partial charge on any atom is -0.497 e. The molecule has 1 aliphatic carbocycles. The molecule has 0 radical (unpaired) electrons. The third-order valence-corrected chi connectivity index (χ3v) is 7.28. The van der Waals surface area contributed by atoms with Crippen LogP contribution in [0.25, 0.3) is 0 Å². The minimum atomic E-state index is -0.360. The van der Waals surface area contributed by atoms with Crippen molar-refractivity contribution in [3.8, 4) is 5.75 Å². The van der Waals surface area contributed by atoms with Crippen LogP contribution >= 0.6 is 0 Å². The van der Waals surface area contributed by atoms with Crippen LogP contribution in [0.5, 0.6) is 5.75 Å². The van der Waals surface area contributed by atoms with E-state index in [-0.39, 0.29) is 23.4 Å². The van der Waals surface area contributed by atoms with E-state index in [0.717, 1.165) is 73.7 Å². The zero-order valence-corrected chi connectivity index (χ0v) is 21.3. The maximum Gasteiger partial charge on any atom is 0.319 e. The van der Waals surface area contributed by atoms with Gasteiger partial charge in [0.25, 0.3) is 0 Å². The fourth-order valence-corrected chi connectivity index (χ4v) is 5.10. The summed E-state index contributed by atoms with van der Waals surface area (Å²) in [7, 11) is 3.61. The standard InChI is InChI=1S/C27H37N5O3/c1-19-17-22(18-20(2)29-19)30-26(34)28-13-16-32-14-9-23(10-15-32)31(3)25(33)27(11-12-27)21-5-7-24(35-4)8-6-21/h5-8,17-18,23H,9-16H2,1-4H3,(H2,28,29,30,34). The van der Waals surface area contributed by atoms with Gasteiger partial charge in [-0.25, -0.2) is 4.79 Å². The first-order chi connectivity index (χ1) is 16.8. The zero-order chi connectivity index (χ0) is 25.0. The number of rotatable bonds is 8. The fourth-order valence-electron chi connectivity index (χ4n) is 5.10. The Morgan fingerprint density at radius 2 is 1.74 bits per heavy atom. The van der Waals surface area contributed by atoms with Crippen LogP contribution in [0.4, 0.5) is 10.5 Å². The van der Waals surface area contributed by atoms with E-state index in [2.05, 4.69) is 20.5 Å². The van der Waals surface area contributed by atoms with Gasteiger partial charge in [0.2, 0.25) is 5.91 Å². The molecule has 2 aliphatic rings. The van der Waals surface area contributed by atoms with Crippen molar-refractivity contribution in [3.63, 3.8) is 0 Å². The van der Waals surface area contributed by atoms with Crippen LogP contribution in [0.1, 0.15) is 42.6 Å². The van der Waals surface area contributed by atoms with Gasteiger partial charge < -0.3 is 25.2 Å². The monoisotopic (exact) mass is 479 g/mol. The number of ether oxygens (including phenoxy) is 1. The smallest absolute Gasteiger partial charge is 0.319 e. The molecule has 0 atom stereocenters. The normalized spacial score (nSPS) is 17.5. The van der Waals surface area contributed by atoms with Crippen LogP contribution in [0.2, 0.25) is 0 Å². The second kappa shape index (κ2) is 10.6. The van der Waals surface area contributed by atoms with E-state index >= 15 is 0 Å². The van der Waals surface area contributed by atoms with Crippen LogP contribution in [-0.2, 0) is 10.2 Å². The number of amides is 3. The summed E-state index contributed by atoms with van der Waals surface area (Å²) >= 11 is 0. The second-order valence-electron chi connectivity index (χ2n) is 9.82. The molecule has 1 aromatic carbocycles. The van der Waals surface area contributed by atoms with E-state index in [4.69, 9.17) is 4.74 Å². The van der Waals surface area contributed by atoms with E-state index in [1.54, 1.807) is 7.11 Å². The van der Waals surface area contributed by atoms with Gasteiger partial charge >= 0.3 is 6.03 Å². The summed E-state index contributed by atoms with van der Waals surface area (Å²) in [6.07, 6.45) is 3.72. The number of piperidine rings is 1. The number of benzene rings is 1. The molecule has 35 heavy (non-hydrogen) atoms. The maximum atomic E-state index is 13.4. The van der Waals surface area contributed by atoms with Crippen molar-refractivity contribution in [1.82, 2.24) is 20.1 Å². The number of methoxy groups -OCH3 is 1. The summed E-state index contributed by atoms with van der Waals surface area (Å²) in [5.41, 5.74) is 3.24. The van der Waals surface area contributed by atoms with Gasteiger partial charge in [0.05, 0.1) is 12.5 Å². The Bertz CT molecular complexity index is 1020. The van der Waals surface area contributed by atoms with E-state index in [9.17, 15) is 9.59 Å². The molecule has 1 aliphatic heterocycles. The van der Waals surface area contributed by atoms with Crippen molar-refractivity contribution in [3.05, 3.63) is 53.3 Å². The second-order valence-corrected chi connectivity index (χ2v) is 9.82. The minimum absolute atomic E-state index is 0.205. The first-order valence-corrected chi connectivity index (χ1v) is 12.4. The number of hydrogen-bond donors (Lipinski definition) is 2. The number of carbonyl (C=O) groups is 2. The Kier molecular flexibility index (Phi) is 7.60. The molecule has 2 aromatic rings. The lowest BCUT2D eigenvalue weighted by Gasteiger charge is -2.38. The molecule has 1 aromatic heterocycles. The van der Waals surface area contributed by atoms with Gasteiger partial charge in [-0.3, -0.25) is 9.78 Å². The predicted octanol–water partition coefficient (Wildman–Crippen LogP) is 3.48. The molecule has 2 N–H and O–H groups in total. The summed E-state index contributed by atoms with van der Waals surface area (Å²) in [6, 6.07) is 11.7. The summed E-state index contributed by atoms with van der Waals surface area (Å²) in [5.74, 6) is 1.05. The number of likely N-dealkylation sites (tertiary alicyclic amines) is 1. The number of carbonyl (C=O) groups excluding carboxylic acids is 2. The van der Waals surface area contributed by atoms with Gasteiger partial charge in [0.15, 0.2) is 0 Å². The Morgan fingerprint density at radius 3 is 2.31 bits per heavy atom. The molecule has 0 unspecified atom stereocenters. The van der Waals surface area contributed by atoms with Crippen LogP contribution in [0, 0.1) is 13.8 Å². The first kappa shape index (κ1) is 25.0. The van der Waals surface area contributed by atoms with Gasteiger partial charge in [-0.15, -0.1) is 0 Å². The molecule has 2 fully saturated rings. The molecule has 8 heteroatoms. The zero-order valence-electron chi connectivity index (χ0n) is 21.3. The maximum absolute atomic E-state index is 13.4. The molecule has 1 saturated heterocycles. The number of nitrogens with zero attached hydrogens (tertiary/aromatic N) is 3. The number of urea groups is 1. The van der Waals surface area contributed by atoms with Crippen molar-refractivity contribution >= 4 is 17.6 Å². The highest BCUT2D eigenvalue weighted by Crippen LogP contribution is 2.50. The van der Waals surface area contributed by atoms with Crippen molar-refractivity contribution in [2.24, 2.45) is 0 Å². The van der Waals surface area contributed by atoms with Gasteiger partial charge in [-0.05, 0) is 69.4 Å². The van der Waals surface area contributed by atoms with Crippen molar-refractivity contribution < 1.29 is 14.3 Å². The number of hydrogen-bond acceptors (Lipinski definition) is 5. The summed E-state index contributed by atoms with van der Waals surface area (Å²) in [6.45, 7) is 7.03. The molecule has 4 rings (SSSR count). The Morgan fingerprint density at radius 1 is 1.11 bits per heavy atom. The summed E-state index contributed by atoms with van der Waals surface area (Å²) in [5, 5.41) is 5.81. The van der Waals surface area contributed by atoms with Gasteiger partial charge in [-0.1, -0.05) is 12.1 Å². The topological polar surface area (TPSA) is 86.8 Å². The molecule has 0 bridgehead atoms. The SMILES string of the molecule is COc1ccc(C2(C(=O)N(C)C3CCN(CCNC(=O)Nc4cc(C)nc(C)c4)CC3)CC2)cc1. The summed E-state index contributed by atoms with van der Waals surface area (Å²) < 4.78 is 5.26. The van der Waals surface area contributed by atoms with E-state index < -0.39 is 0 Å². The lowest BCUT2D eigenvalue weighted by molar-refractivity contribution is -0.135. The van der Waals surface area contributed by atoms with Crippen molar-refractivity contribution in [2.75, 3.05) is 45.7 Å². The van der Waals surface area contributed by atoms with E-state index in [1.807, 2.05) is 62.2 Å². The number of aromatic nitrogens is 1. The van der Waals surface area contributed by atoms with Crippen molar-refractivity contribution in [2.45, 2.75) is 51.0 Å². The number of likely N-dealkylation sites (N-methyl/N-ethyl adjacent to an activating group) is 1. The molecule has 8 nitrogen and oxygen atoms in total. The lowest BCUT2D eigenvalue weighted by atomic mass is 9.92. The summed E-state index contributed by atoms with van der Waals surface area (Å²) in [4.78, 5) is 34.3. The lowest BCUT2D eigenvalue weighted by Crippen LogP contribution is -2.49. The third-order valence-electron chi connectivity index (χ3n) is 7.28. The Hall–Kier alpha value is -3.13. The number of pyridine rings is 1. The highest BCUT2D eigenvalue weighted by molar-refractivity contribution is 5.91. The third kappa shape index (κ3) is 5.93. The van der Waals surface area contributed by atoms with Crippen LogP contribution in [0.15, 0.2) is 36.4 Å². The fraction of sp³-hybridized carbons (Fsp3) is 0.519. The molecule has 2 heterocycles. The number of aryl methyl sites for hydroxylation is 2. The van der Waals surface area contributed by atoms with Crippen LogP contribution < -0.4 is 15.4 Å².